The second-order valence-electron chi connectivity index (χ2n) is 4.63. The molecule has 0 aliphatic carbocycles. The van der Waals surface area contributed by atoms with Crippen LogP contribution in [0, 0.1) is 0 Å². The van der Waals surface area contributed by atoms with E-state index >= 15 is 0 Å². The van der Waals surface area contributed by atoms with Gasteiger partial charge in [-0.2, -0.15) is 0 Å². The second-order valence-corrected chi connectivity index (χ2v) is 5.48. The van der Waals surface area contributed by atoms with Gasteiger partial charge >= 0.3 is 5.97 Å². The minimum absolute atomic E-state index is 0.184. The predicted octanol–water partition coefficient (Wildman–Crippen LogP) is 1.44. The molecule has 1 atom stereocenters. The van der Waals surface area contributed by atoms with E-state index in [1.807, 2.05) is 0 Å². The molecule has 2 N–H and O–H groups in total. The first-order valence-electron chi connectivity index (χ1n) is 6.64. The van der Waals surface area contributed by atoms with Crippen LogP contribution in [-0.2, 0) is 9.53 Å². The van der Waals surface area contributed by atoms with E-state index in [0.717, 1.165) is 0 Å². The highest BCUT2D eigenvalue weighted by molar-refractivity contribution is 9.10. The zero-order valence-corrected chi connectivity index (χ0v) is 13.5. The summed E-state index contributed by atoms with van der Waals surface area (Å²) < 4.78 is 16.3. The van der Waals surface area contributed by atoms with Crippen molar-refractivity contribution in [3.05, 3.63) is 22.2 Å². The number of benzene rings is 1. The van der Waals surface area contributed by atoms with E-state index in [1.165, 1.54) is 13.2 Å². The number of fused-ring (bicyclic) bond motifs is 1. The molecule has 1 aliphatic heterocycles. The lowest BCUT2D eigenvalue weighted by atomic mass is 10.1. The van der Waals surface area contributed by atoms with Crippen LogP contribution < -0.4 is 14.8 Å². The van der Waals surface area contributed by atoms with E-state index in [-0.39, 0.29) is 13.0 Å². The van der Waals surface area contributed by atoms with Crippen molar-refractivity contribution in [2.45, 2.75) is 12.5 Å². The minimum Gasteiger partial charge on any atom is -0.486 e. The number of carboxylic acid groups (broad SMARTS) is 1. The lowest BCUT2D eigenvalue weighted by Crippen LogP contribution is -2.41. The number of aliphatic carboxylic acids is 1. The fraction of sp³-hybridized carbons (Fsp3) is 0.429. The predicted molar refractivity (Wildman–Crippen MR) is 80.5 cm³/mol. The van der Waals surface area contributed by atoms with E-state index in [1.54, 1.807) is 6.07 Å². The zero-order valence-electron chi connectivity index (χ0n) is 11.9. The molecule has 0 spiro atoms. The van der Waals surface area contributed by atoms with Crippen LogP contribution >= 0.6 is 15.9 Å². The van der Waals surface area contributed by atoms with Crippen LogP contribution in [0.2, 0.25) is 0 Å². The molecule has 22 heavy (non-hydrogen) atoms. The van der Waals surface area contributed by atoms with Crippen molar-refractivity contribution >= 4 is 27.8 Å². The van der Waals surface area contributed by atoms with Gasteiger partial charge in [0.25, 0.3) is 5.91 Å². The molecule has 7 nitrogen and oxygen atoms in total. The van der Waals surface area contributed by atoms with Crippen LogP contribution in [0.25, 0.3) is 0 Å². The molecule has 1 aromatic carbocycles. The van der Waals surface area contributed by atoms with Gasteiger partial charge in [-0.25, -0.2) is 4.79 Å². The summed E-state index contributed by atoms with van der Waals surface area (Å²) in [6, 6.07) is 2.08. The summed E-state index contributed by atoms with van der Waals surface area (Å²) in [5, 5.41) is 11.6. The van der Waals surface area contributed by atoms with Gasteiger partial charge in [-0.15, -0.1) is 0 Å². The third kappa shape index (κ3) is 3.89. The Kier molecular flexibility index (Phi) is 5.62. The van der Waals surface area contributed by atoms with Gasteiger partial charge in [0, 0.05) is 25.7 Å². The normalized spacial score (nSPS) is 14.3. The number of hydrogen-bond acceptors (Lipinski definition) is 5. The molecule has 0 saturated heterocycles. The number of hydrogen-bond donors (Lipinski definition) is 2. The Morgan fingerprint density at radius 1 is 1.41 bits per heavy atom. The second kappa shape index (κ2) is 7.46. The summed E-state index contributed by atoms with van der Waals surface area (Å²) in [5.41, 5.74) is 0.291. The number of methoxy groups -OCH3 is 1. The summed E-state index contributed by atoms with van der Waals surface area (Å²) in [6.45, 7) is 1.08. The van der Waals surface area contributed by atoms with Crippen molar-refractivity contribution in [1.82, 2.24) is 5.32 Å². The summed E-state index contributed by atoms with van der Waals surface area (Å²) in [4.78, 5) is 23.4. The SMILES string of the molecule is COCCC(NC(=O)c1cc(Br)c2c(c1)OCCO2)C(=O)O. The standard InChI is InChI=1S/C14H16BrNO6/c1-20-3-2-10(14(18)19)16-13(17)8-6-9(15)12-11(7-8)21-4-5-22-12/h6-7,10H,2-5H2,1H3,(H,16,17)(H,18,19). The Labute approximate surface area is 135 Å². The maximum absolute atomic E-state index is 12.2. The van der Waals surface area contributed by atoms with E-state index < -0.39 is 17.9 Å². The smallest absolute Gasteiger partial charge is 0.326 e. The van der Waals surface area contributed by atoms with Gasteiger partial charge in [0.15, 0.2) is 11.5 Å². The third-order valence-electron chi connectivity index (χ3n) is 3.07. The Hall–Kier alpha value is -1.80. The molecule has 2 rings (SSSR count). The topological polar surface area (TPSA) is 94.1 Å². The van der Waals surface area contributed by atoms with Crippen LogP contribution in [-0.4, -0.2) is 50.0 Å². The van der Waals surface area contributed by atoms with Gasteiger partial charge in [-0.3, -0.25) is 4.79 Å². The number of rotatable bonds is 6. The molecular weight excluding hydrogens is 358 g/mol. The van der Waals surface area contributed by atoms with Gasteiger partial charge in [-0.05, 0) is 28.1 Å². The zero-order chi connectivity index (χ0) is 16.1. The third-order valence-corrected chi connectivity index (χ3v) is 3.66. The summed E-state index contributed by atoms with van der Waals surface area (Å²) in [6.07, 6.45) is 0.184. The van der Waals surface area contributed by atoms with E-state index in [9.17, 15) is 9.59 Å². The maximum atomic E-state index is 12.2. The number of amides is 1. The van der Waals surface area contributed by atoms with Crippen molar-refractivity contribution in [2.75, 3.05) is 26.9 Å². The van der Waals surface area contributed by atoms with Gasteiger partial charge in [-0.1, -0.05) is 0 Å². The highest BCUT2D eigenvalue weighted by Gasteiger charge is 2.23. The average molecular weight is 374 g/mol. The molecule has 0 radical (unpaired) electrons. The number of nitrogens with one attached hydrogen (secondary N) is 1. The van der Waals surface area contributed by atoms with Crippen LogP contribution in [0.15, 0.2) is 16.6 Å². The van der Waals surface area contributed by atoms with Crippen LogP contribution in [0.1, 0.15) is 16.8 Å². The first-order valence-corrected chi connectivity index (χ1v) is 7.44. The lowest BCUT2D eigenvalue weighted by Gasteiger charge is -2.21. The molecule has 120 valence electrons. The van der Waals surface area contributed by atoms with Crippen LogP contribution in [0.4, 0.5) is 0 Å². The lowest BCUT2D eigenvalue weighted by molar-refractivity contribution is -0.139. The van der Waals surface area contributed by atoms with Gasteiger partial charge in [0.1, 0.15) is 19.3 Å². The fourth-order valence-electron chi connectivity index (χ4n) is 1.98. The first-order chi connectivity index (χ1) is 10.5. The number of carboxylic acids is 1. The van der Waals surface area contributed by atoms with E-state index in [4.69, 9.17) is 19.3 Å². The Morgan fingerprint density at radius 3 is 2.82 bits per heavy atom. The molecule has 1 aromatic rings. The number of halogens is 1. The maximum Gasteiger partial charge on any atom is 0.326 e. The molecule has 1 unspecified atom stereocenters. The number of carbonyl (C=O) groups is 2. The van der Waals surface area contributed by atoms with Crippen LogP contribution in [0.3, 0.4) is 0 Å². The fourth-order valence-corrected chi connectivity index (χ4v) is 2.53. The molecule has 0 saturated carbocycles. The van der Waals surface area contributed by atoms with Gasteiger partial charge in [0.05, 0.1) is 4.47 Å². The highest BCUT2D eigenvalue weighted by Crippen LogP contribution is 2.38. The first kappa shape index (κ1) is 16.6. The Morgan fingerprint density at radius 2 is 2.14 bits per heavy atom. The monoisotopic (exact) mass is 373 g/mol. The van der Waals surface area contributed by atoms with E-state index in [2.05, 4.69) is 21.2 Å². The minimum atomic E-state index is -1.11. The molecule has 1 amide bonds. The Balaban J connectivity index is 2.15. The van der Waals surface area contributed by atoms with E-state index in [0.29, 0.717) is 34.7 Å². The van der Waals surface area contributed by atoms with Crippen molar-refractivity contribution in [3.63, 3.8) is 0 Å². The largest absolute Gasteiger partial charge is 0.486 e. The molecule has 1 heterocycles. The van der Waals surface area contributed by atoms with Crippen molar-refractivity contribution < 1.29 is 28.9 Å². The van der Waals surface area contributed by atoms with Crippen LogP contribution in [0.5, 0.6) is 11.5 Å². The highest BCUT2D eigenvalue weighted by atomic mass is 79.9. The molecule has 1 aliphatic rings. The number of ether oxygens (including phenoxy) is 3. The summed E-state index contributed by atoms with van der Waals surface area (Å²) >= 11 is 3.32. The molecule has 0 fully saturated rings. The van der Waals surface area contributed by atoms with Crippen molar-refractivity contribution in [2.24, 2.45) is 0 Å². The van der Waals surface area contributed by atoms with Gasteiger partial charge < -0.3 is 24.6 Å². The summed E-state index contributed by atoms with van der Waals surface area (Å²) in [5.74, 6) is -0.616. The Bertz CT molecular complexity index is 577. The van der Waals surface area contributed by atoms with Crippen molar-refractivity contribution in [1.29, 1.82) is 0 Å². The molecular formula is C14H16BrNO6. The van der Waals surface area contributed by atoms with Gasteiger partial charge in [0.2, 0.25) is 0 Å². The molecule has 8 heteroatoms. The molecule has 0 bridgehead atoms. The number of carbonyl (C=O) groups excluding carboxylic acids is 1. The average Bonchev–Trinajstić information content (AvgIpc) is 2.50. The quantitative estimate of drug-likeness (QED) is 0.783. The summed E-state index contributed by atoms with van der Waals surface area (Å²) in [7, 11) is 1.47. The van der Waals surface area contributed by atoms with Crippen molar-refractivity contribution in [3.8, 4) is 11.5 Å². The molecule has 0 aromatic heterocycles.